The van der Waals surface area contributed by atoms with Crippen LogP contribution in [0.5, 0.6) is 0 Å². The molecule has 2 N–H and O–H groups in total. The van der Waals surface area contributed by atoms with E-state index in [1.165, 1.54) is 165 Å². The molecule has 0 amide bonds. The van der Waals surface area contributed by atoms with Crippen molar-refractivity contribution in [3.05, 3.63) is 158 Å². The van der Waals surface area contributed by atoms with Crippen molar-refractivity contribution < 1.29 is 43.6 Å². The number of nitrogens with one attached hydrogen (secondary N) is 2. The molecule has 2 atom stereocenters. The van der Waals surface area contributed by atoms with Gasteiger partial charge in [0, 0.05) is 108 Å². The monoisotopic (exact) mass is 1550 g/mol. The van der Waals surface area contributed by atoms with Crippen molar-refractivity contribution in [1.82, 2.24) is 50.5 Å². The van der Waals surface area contributed by atoms with E-state index in [4.69, 9.17) is 20.0 Å². The summed E-state index contributed by atoms with van der Waals surface area (Å²) in [6.45, 7) is 27.3. The maximum absolute atomic E-state index is 9.16. The molecule has 2 aliphatic carbocycles. The van der Waals surface area contributed by atoms with Crippen molar-refractivity contribution in [2.75, 3.05) is 39.5 Å². The smallest absolute Gasteiger partial charge is 0.433 e. The minimum absolute atomic E-state index is 0. The van der Waals surface area contributed by atoms with Crippen LogP contribution in [-0.4, -0.2) is 59.5 Å². The van der Waals surface area contributed by atoms with Crippen LogP contribution in [0.25, 0.3) is 0 Å². The Morgan fingerprint density at radius 1 is 0.490 bits per heavy atom. The van der Waals surface area contributed by atoms with Gasteiger partial charge in [-0.25, -0.2) is 19.9 Å². The molecule has 28 heteroatoms. The number of rotatable bonds is 26. The van der Waals surface area contributed by atoms with Crippen molar-refractivity contribution >= 4 is 111 Å². The van der Waals surface area contributed by atoms with Gasteiger partial charge in [0.05, 0.1) is 12.1 Å². The molecule has 2 aliphatic rings. The average Bonchev–Trinajstić information content (AvgIpc) is 1.33. The van der Waals surface area contributed by atoms with Gasteiger partial charge >= 0.3 is 34.1 Å². The number of hydrogen-bond donors (Lipinski definition) is 2. The van der Waals surface area contributed by atoms with Crippen LogP contribution in [0.1, 0.15) is 159 Å². The molecule has 0 aromatic carbocycles. The predicted molar refractivity (Wildman–Crippen MR) is 392 cm³/mol. The third-order valence-electron chi connectivity index (χ3n) is 14.2. The van der Waals surface area contributed by atoms with Crippen molar-refractivity contribution in [1.29, 1.82) is 10.5 Å². The zero-order chi connectivity index (χ0) is 67.5. The number of hydrogen-bond acceptors (Lipinski definition) is 22. The second kappa shape index (κ2) is 50.1. The van der Waals surface area contributed by atoms with Crippen molar-refractivity contribution in [3.63, 3.8) is 0 Å². The molecule has 0 saturated carbocycles. The van der Waals surface area contributed by atoms with E-state index in [2.05, 4.69) is 150 Å². The van der Waals surface area contributed by atoms with Crippen LogP contribution >= 0.6 is 90.7 Å². The molecule has 8 aromatic rings. The van der Waals surface area contributed by atoms with Gasteiger partial charge in [-0.1, -0.05) is 119 Å². The summed E-state index contributed by atoms with van der Waals surface area (Å²) < 4.78 is 11.8. The molecular formula is C68H92Cu2N16O2S8. The SMILES string of the molecule is CCCCC(CC)COCCCNC1=C/C(=C(/C)C#N)CC(C)(C)C1.CCCCC(CC)COCCCNC1=C/C(=C(/C)C#N)CC(C)(C)C1.[Cu+2].[Cu+2].c1csc(N=c2[n-]ccs2)n1.c1csc(N=c2[n-]ccs2)n1.c1csc(N=c2[n-]ccs2)n1.c1csc(N=c2[n-]ccs2)n1. The Hall–Kier alpha value is -5.26. The first-order valence-corrected chi connectivity index (χ1v) is 38.9. The Bertz CT molecular complexity index is 3310. The van der Waals surface area contributed by atoms with Gasteiger partial charge in [-0.15, -0.1) is 45.3 Å². The number of thiazole rings is 8. The summed E-state index contributed by atoms with van der Waals surface area (Å²) in [6, 6.07) is 4.59. The molecule has 10 rings (SSSR count). The van der Waals surface area contributed by atoms with Gasteiger partial charge in [-0.05, 0) is 152 Å². The van der Waals surface area contributed by atoms with E-state index in [9.17, 15) is 0 Å². The Morgan fingerprint density at radius 2 is 0.802 bits per heavy atom. The Morgan fingerprint density at radius 3 is 1.04 bits per heavy atom. The molecule has 0 bridgehead atoms. The molecule has 2 unspecified atom stereocenters. The normalized spacial score (nSPS) is 15.9. The Labute approximate surface area is 621 Å². The van der Waals surface area contributed by atoms with E-state index in [0.717, 1.165) is 141 Å². The van der Waals surface area contributed by atoms with Gasteiger partial charge in [0.15, 0.2) is 0 Å². The first kappa shape index (κ1) is 85.0. The summed E-state index contributed by atoms with van der Waals surface area (Å²) in [6.07, 6.45) is 34.5. The van der Waals surface area contributed by atoms with Crippen LogP contribution in [0.2, 0.25) is 0 Å². The van der Waals surface area contributed by atoms with Gasteiger partial charge < -0.3 is 60.0 Å². The summed E-state index contributed by atoms with van der Waals surface area (Å²) in [4.78, 5) is 51.8. The van der Waals surface area contributed by atoms with E-state index in [1.807, 2.05) is 56.9 Å². The standard InChI is InChI=1S/2C22H38N2O.4C6H4N3S2.2Cu/c2*1-6-8-10-19(7-2)17-25-12-9-11-24-21-13-20(18(3)16-23)14-22(4,5)15-21;4*1-3-10-5(7-1)9-6-8-2-4-11-6;;/h2*13,19,24H,6-12,14-15,17H2,1-5H3;4*1-4H;;/q;;4*-1;2*+2/b2*20-18+;;;;;;. The van der Waals surface area contributed by atoms with E-state index < -0.39 is 0 Å². The van der Waals surface area contributed by atoms with Crippen LogP contribution < -0.4 is 49.8 Å². The number of aromatic nitrogens is 8. The maximum atomic E-state index is 9.16. The summed E-state index contributed by atoms with van der Waals surface area (Å²) in [7, 11) is 0. The quantitative estimate of drug-likeness (QED) is 0.0291. The molecule has 0 aliphatic heterocycles. The molecular weight excluding hydrogens is 1460 g/mol. The van der Waals surface area contributed by atoms with Gasteiger partial charge in [-0.3, -0.25) is 0 Å². The maximum Gasteiger partial charge on any atom is 2.00 e. The van der Waals surface area contributed by atoms with Gasteiger partial charge in [0.25, 0.3) is 0 Å². The first-order chi connectivity index (χ1) is 45.6. The fourth-order valence-corrected chi connectivity index (χ4v) is 13.6. The van der Waals surface area contributed by atoms with Crippen LogP contribution in [-0.2, 0) is 43.6 Å². The molecule has 18 nitrogen and oxygen atoms in total. The topological polar surface area (TPSA) is 248 Å². The third kappa shape index (κ3) is 36.5. The number of allylic oxidation sites excluding steroid dienone is 8. The number of unbranched alkanes of at least 4 members (excludes halogenated alkanes) is 2. The largest absolute Gasteiger partial charge is 2.00 e. The van der Waals surface area contributed by atoms with E-state index >= 15 is 0 Å². The molecule has 0 spiro atoms. The van der Waals surface area contributed by atoms with Gasteiger partial charge in [0.1, 0.15) is 20.5 Å². The molecule has 8 heterocycles. The van der Waals surface area contributed by atoms with E-state index in [-0.39, 0.29) is 45.0 Å². The van der Waals surface area contributed by atoms with Crippen LogP contribution in [0.15, 0.2) is 158 Å². The fourth-order valence-electron chi connectivity index (χ4n) is 9.30. The second-order valence-corrected chi connectivity index (χ2v) is 30.4. The van der Waals surface area contributed by atoms with Crippen molar-refractivity contribution in [3.8, 4) is 12.1 Å². The zero-order valence-electron chi connectivity index (χ0n) is 56.6. The van der Waals surface area contributed by atoms with E-state index in [1.54, 1.807) is 49.6 Å². The second-order valence-electron chi connectivity index (χ2n) is 23.4. The fraction of sp³-hybridized carbons (Fsp3) is 0.500. The summed E-state index contributed by atoms with van der Waals surface area (Å²) in [5, 5.41) is 43.7. The summed E-state index contributed by atoms with van der Waals surface area (Å²) in [5.74, 6) is 1.44. The molecule has 526 valence electrons. The first-order valence-electron chi connectivity index (χ1n) is 31.9. The molecule has 96 heavy (non-hydrogen) atoms. The predicted octanol–water partition coefficient (Wildman–Crippen LogP) is 17.1. The summed E-state index contributed by atoms with van der Waals surface area (Å²) >= 11 is 12.1. The van der Waals surface area contributed by atoms with Crippen LogP contribution in [0, 0.1) is 45.3 Å². The molecule has 2 radical (unpaired) electrons. The van der Waals surface area contributed by atoms with E-state index in [0.29, 0.717) is 0 Å². The number of ether oxygens (including phenoxy) is 2. The average molecular weight is 1550 g/mol. The van der Waals surface area contributed by atoms with Gasteiger partial charge in [-0.2, -0.15) is 55.9 Å². The van der Waals surface area contributed by atoms with Crippen molar-refractivity contribution in [2.45, 2.75) is 159 Å². The third-order valence-corrected chi connectivity index (χ3v) is 19.5. The Kier molecular flexibility index (Phi) is 44.4. The Balaban J connectivity index is 0.000000311. The molecule has 0 fully saturated rings. The van der Waals surface area contributed by atoms with Gasteiger partial charge in [0.2, 0.25) is 0 Å². The molecule has 8 aromatic heterocycles. The number of nitrogens with zero attached hydrogens (tertiary/aromatic N) is 14. The minimum atomic E-state index is 0. The van der Waals surface area contributed by atoms with Crippen LogP contribution in [0.3, 0.4) is 0 Å². The zero-order valence-corrected chi connectivity index (χ0v) is 65.1. The summed E-state index contributed by atoms with van der Waals surface area (Å²) in [5.41, 5.74) is 6.99. The van der Waals surface area contributed by atoms with Crippen LogP contribution in [0.4, 0.5) is 20.5 Å². The minimum Gasteiger partial charge on any atom is -0.433 e. The van der Waals surface area contributed by atoms with Crippen molar-refractivity contribution in [2.24, 2.45) is 42.6 Å². The number of nitriles is 2. The molecule has 0 saturated heterocycles.